The Balaban J connectivity index is 3.30. The van der Waals surface area contributed by atoms with Gasteiger partial charge in [0.2, 0.25) is 0 Å². The minimum atomic E-state index is 0.484. The van der Waals surface area contributed by atoms with Crippen molar-refractivity contribution in [3.63, 3.8) is 0 Å². The Kier molecular flexibility index (Phi) is 2.86. The summed E-state index contributed by atoms with van der Waals surface area (Å²) in [6.45, 7) is 8.31. The Hall–Kier alpha value is -1.11. The first-order valence-corrected chi connectivity index (χ1v) is 4.62. The van der Waals surface area contributed by atoms with E-state index in [1.807, 2.05) is 19.9 Å². The van der Waals surface area contributed by atoms with E-state index in [1.54, 1.807) is 0 Å². The second-order valence-corrected chi connectivity index (χ2v) is 3.82. The molecule has 0 aliphatic heterocycles. The third-order valence-electron chi connectivity index (χ3n) is 2.52. The molecule has 1 aromatic rings. The van der Waals surface area contributed by atoms with Gasteiger partial charge in [0.05, 0.1) is 0 Å². The summed E-state index contributed by atoms with van der Waals surface area (Å²) < 4.78 is 0. The standard InChI is InChI=1S/C12H16O/c1-8(2)11-5-9(3)10(4)12(6-11)7-13/h5-8H,1-4H3. The number of aldehydes is 1. The fourth-order valence-corrected chi connectivity index (χ4v) is 1.37. The number of aryl methyl sites for hydroxylation is 1. The summed E-state index contributed by atoms with van der Waals surface area (Å²) >= 11 is 0. The maximum atomic E-state index is 10.8. The molecular weight excluding hydrogens is 160 g/mol. The van der Waals surface area contributed by atoms with Crippen LogP contribution in [0.1, 0.15) is 46.8 Å². The highest BCUT2D eigenvalue weighted by atomic mass is 16.1. The van der Waals surface area contributed by atoms with Gasteiger partial charge in [-0.1, -0.05) is 19.9 Å². The van der Waals surface area contributed by atoms with Gasteiger partial charge in [-0.3, -0.25) is 4.79 Å². The van der Waals surface area contributed by atoms with Crippen molar-refractivity contribution in [1.82, 2.24) is 0 Å². The fourth-order valence-electron chi connectivity index (χ4n) is 1.37. The van der Waals surface area contributed by atoms with Crippen LogP contribution in [0.3, 0.4) is 0 Å². The van der Waals surface area contributed by atoms with Gasteiger partial charge in [0.15, 0.2) is 0 Å². The van der Waals surface area contributed by atoms with Crippen LogP contribution in [0.2, 0.25) is 0 Å². The van der Waals surface area contributed by atoms with Gasteiger partial charge >= 0.3 is 0 Å². The summed E-state index contributed by atoms with van der Waals surface area (Å²) in [5, 5.41) is 0. The van der Waals surface area contributed by atoms with Gasteiger partial charge in [0.1, 0.15) is 6.29 Å². The van der Waals surface area contributed by atoms with Gasteiger partial charge in [-0.25, -0.2) is 0 Å². The summed E-state index contributed by atoms with van der Waals surface area (Å²) in [4.78, 5) is 10.8. The molecule has 0 aliphatic carbocycles. The van der Waals surface area contributed by atoms with Crippen LogP contribution in [-0.2, 0) is 0 Å². The van der Waals surface area contributed by atoms with Gasteiger partial charge in [-0.2, -0.15) is 0 Å². The molecule has 0 saturated carbocycles. The van der Waals surface area contributed by atoms with E-state index >= 15 is 0 Å². The average Bonchev–Trinajstić information content (AvgIpc) is 2.09. The average molecular weight is 176 g/mol. The van der Waals surface area contributed by atoms with Gasteiger partial charge in [-0.15, -0.1) is 0 Å². The van der Waals surface area contributed by atoms with E-state index in [9.17, 15) is 4.79 Å². The second-order valence-electron chi connectivity index (χ2n) is 3.82. The van der Waals surface area contributed by atoms with Crippen molar-refractivity contribution in [3.8, 4) is 0 Å². The van der Waals surface area contributed by atoms with Crippen molar-refractivity contribution in [2.45, 2.75) is 33.6 Å². The largest absolute Gasteiger partial charge is 0.298 e. The number of carbonyl (C=O) groups excluding carboxylic acids is 1. The van der Waals surface area contributed by atoms with E-state index in [2.05, 4.69) is 19.9 Å². The highest BCUT2D eigenvalue weighted by Gasteiger charge is 2.05. The zero-order chi connectivity index (χ0) is 10.0. The third-order valence-corrected chi connectivity index (χ3v) is 2.52. The third kappa shape index (κ3) is 1.97. The summed E-state index contributed by atoms with van der Waals surface area (Å²) in [5.41, 5.74) is 4.36. The van der Waals surface area contributed by atoms with E-state index in [1.165, 1.54) is 11.1 Å². The van der Waals surface area contributed by atoms with Crippen LogP contribution in [0, 0.1) is 13.8 Å². The van der Waals surface area contributed by atoms with E-state index in [0.29, 0.717) is 5.92 Å². The smallest absolute Gasteiger partial charge is 0.150 e. The summed E-state index contributed by atoms with van der Waals surface area (Å²) in [6, 6.07) is 4.15. The van der Waals surface area contributed by atoms with Gasteiger partial charge < -0.3 is 0 Å². The lowest BCUT2D eigenvalue weighted by atomic mass is 9.95. The summed E-state index contributed by atoms with van der Waals surface area (Å²) in [5.74, 6) is 0.484. The maximum absolute atomic E-state index is 10.8. The first kappa shape index (κ1) is 9.97. The number of benzene rings is 1. The molecule has 1 rings (SSSR count). The number of rotatable bonds is 2. The molecule has 0 saturated heterocycles. The highest BCUT2D eigenvalue weighted by Crippen LogP contribution is 2.20. The van der Waals surface area contributed by atoms with Crippen LogP contribution >= 0.6 is 0 Å². The van der Waals surface area contributed by atoms with Crippen LogP contribution in [-0.4, -0.2) is 6.29 Å². The molecule has 1 nitrogen and oxygen atoms in total. The highest BCUT2D eigenvalue weighted by molar-refractivity contribution is 5.78. The SMILES string of the molecule is Cc1cc(C(C)C)cc(C=O)c1C. The Morgan fingerprint density at radius 3 is 2.31 bits per heavy atom. The summed E-state index contributed by atoms with van der Waals surface area (Å²) in [6.07, 6.45) is 0.939. The van der Waals surface area contributed by atoms with Crippen LogP contribution in [0.15, 0.2) is 12.1 Å². The summed E-state index contributed by atoms with van der Waals surface area (Å²) in [7, 11) is 0. The lowest BCUT2D eigenvalue weighted by Gasteiger charge is -2.10. The molecule has 0 N–H and O–H groups in total. The van der Waals surface area contributed by atoms with E-state index in [0.717, 1.165) is 17.4 Å². The van der Waals surface area contributed by atoms with Crippen molar-refractivity contribution < 1.29 is 4.79 Å². The molecule has 13 heavy (non-hydrogen) atoms. The van der Waals surface area contributed by atoms with Crippen LogP contribution in [0.4, 0.5) is 0 Å². The Morgan fingerprint density at radius 2 is 1.85 bits per heavy atom. The molecule has 0 radical (unpaired) electrons. The molecule has 0 atom stereocenters. The van der Waals surface area contributed by atoms with Crippen molar-refractivity contribution in [3.05, 3.63) is 34.4 Å². The molecule has 0 fully saturated rings. The molecule has 1 heteroatoms. The first-order chi connectivity index (χ1) is 6.06. The Morgan fingerprint density at radius 1 is 1.23 bits per heavy atom. The fraction of sp³-hybridized carbons (Fsp3) is 0.417. The van der Waals surface area contributed by atoms with Gasteiger partial charge in [-0.05, 0) is 42.5 Å². The van der Waals surface area contributed by atoms with Crippen molar-refractivity contribution in [2.24, 2.45) is 0 Å². The Labute approximate surface area is 79.8 Å². The molecule has 0 unspecified atom stereocenters. The van der Waals surface area contributed by atoms with E-state index in [4.69, 9.17) is 0 Å². The molecule has 1 aromatic carbocycles. The number of carbonyl (C=O) groups is 1. The first-order valence-electron chi connectivity index (χ1n) is 4.62. The topological polar surface area (TPSA) is 17.1 Å². The monoisotopic (exact) mass is 176 g/mol. The lowest BCUT2D eigenvalue weighted by molar-refractivity contribution is 0.112. The second kappa shape index (κ2) is 3.73. The van der Waals surface area contributed by atoms with Gasteiger partial charge in [0.25, 0.3) is 0 Å². The maximum Gasteiger partial charge on any atom is 0.150 e. The molecule has 0 aromatic heterocycles. The van der Waals surface area contributed by atoms with Crippen molar-refractivity contribution >= 4 is 6.29 Å². The minimum Gasteiger partial charge on any atom is -0.298 e. The molecule has 0 amide bonds. The Bertz CT molecular complexity index is 324. The van der Waals surface area contributed by atoms with E-state index in [-0.39, 0.29) is 0 Å². The van der Waals surface area contributed by atoms with Crippen LogP contribution < -0.4 is 0 Å². The lowest BCUT2D eigenvalue weighted by Crippen LogP contribution is -1.96. The molecule has 0 aliphatic rings. The normalized spacial score (nSPS) is 10.5. The zero-order valence-corrected chi connectivity index (χ0v) is 8.72. The van der Waals surface area contributed by atoms with Crippen LogP contribution in [0.5, 0.6) is 0 Å². The molecule has 0 heterocycles. The van der Waals surface area contributed by atoms with Crippen molar-refractivity contribution in [2.75, 3.05) is 0 Å². The number of hydrogen-bond donors (Lipinski definition) is 0. The predicted octanol–water partition coefficient (Wildman–Crippen LogP) is 3.24. The molecule has 0 bridgehead atoms. The molecular formula is C12H16O. The van der Waals surface area contributed by atoms with E-state index < -0.39 is 0 Å². The van der Waals surface area contributed by atoms with Crippen LogP contribution in [0.25, 0.3) is 0 Å². The quantitative estimate of drug-likeness (QED) is 0.632. The molecule has 70 valence electrons. The van der Waals surface area contributed by atoms with Crippen molar-refractivity contribution in [1.29, 1.82) is 0 Å². The number of hydrogen-bond acceptors (Lipinski definition) is 1. The minimum absolute atomic E-state index is 0.484. The zero-order valence-electron chi connectivity index (χ0n) is 8.72. The molecule has 0 spiro atoms. The predicted molar refractivity (Wildman–Crippen MR) is 55.4 cm³/mol. The van der Waals surface area contributed by atoms with Gasteiger partial charge in [0, 0.05) is 5.56 Å².